The van der Waals surface area contributed by atoms with E-state index in [0.29, 0.717) is 25.9 Å². The molecule has 0 saturated carbocycles. The van der Waals surface area contributed by atoms with Gasteiger partial charge in [0.1, 0.15) is 0 Å². The zero-order valence-electron chi connectivity index (χ0n) is 14.9. The van der Waals surface area contributed by atoms with Gasteiger partial charge in [-0.3, -0.25) is 4.79 Å². The fourth-order valence-electron chi connectivity index (χ4n) is 2.36. The summed E-state index contributed by atoms with van der Waals surface area (Å²) in [7, 11) is 1.45. The zero-order valence-corrected chi connectivity index (χ0v) is 19.5. The Bertz CT molecular complexity index is 1020. The van der Waals surface area contributed by atoms with Gasteiger partial charge < -0.3 is 19.9 Å². The van der Waals surface area contributed by atoms with E-state index in [4.69, 9.17) is 14.6 Å². The number of carboxylic acid groups (broad SMARTS) is 1. The van der Waals surface area contributed by atoms with E-state index in [-0.39, 0.29) is 11.7 Å². The molecule has 0 bridgehead atoms. The third-order valence-corrected chi connectivity index (χ3v) is 5.82. The van der Waals surface area contributed by atoms with Gasteiger partial charge in [-0.1, -0.05) is 0 Å². The van der Waals surface area contributed by atoms with Crippen LogP contribution in [0.25, 0.3) is 6.08 Å². The van der Waals surface area contributed by atoms with Crippen molar-refractivity contribution in [2.45, 2.75) is 0 Å². The van der Waals surface area contributed by atoms with Crippen LogP contribution in [0.2, 0.25) is 0 Å². The van der Waals surface area contributed by atoms with Gasteiger partial charge in [-0.05, 0) is 98.3 Å². The number of hydrogen-bond donors (Lipinski definition) is 2. The average molecular weight is 589 g/mol. The summed E-state index contributed by atoms with van der Waals surface area (Å²) in [6.45, 7) is -0.494. The van der Waals surface area contributed by atoms with Crippen LogP contribution in [-0.4, -0.2) is 35.9 Å². The number of carboxylic acids is 1. The van der Waals surface area contributed by atoms with Gasteiger partial charge in [-0.25, -0.2) is 9.79 Å². The molecule has 2 N–H and O–H groups in total. The van der Waals surface area contributed by atoms with E-state index in [2.05, 4.69) is 48.8 Å². The number of benzene rings is 2. The number of amidine groups is 1. The lowest BCUT2D eigenvalue weighted by Crippen LogP contribution is -2.19. The Labute approximate surface area is 192 Å². The minimum Gasteiger partial charge on any atom is -0.493 e. The number of halogens is 2. The first-order chi connectivity index (χ1) is 13.9. The third-order valence-electron chi connectivity index (χ3n) is 3.60. The number of methoxy groups -OCH3 is 1. The number of nitrogens with zero attached hydrogens (tertiary/aromatic N) is 1. The third kappa shape index (κ3) is 5.73. The normalized spacial score (nSPS) is 16.2. The van der Waals surface area contributed by atoms with E-state index in [1.807, 2.05) is 24.3 Å². The number of nitrogens with one attached hydrogen (secondary N) is 1. The Morgan fingerprint density at radius 2 is 2.07 bits per heavy atom. The van der Waals surface area contributed by atoms with Crippen molar-refractivity contribution < 1.29 is 24.2 Å². The number of aliphatic carboxylic acids is 1. The lowest BCUT2D eigenvalue weighted by molar-refractivity contribution is -0.139. The summed E-state index contributed by atoms with van der Waals surface area (Å²) >= 11 is 6.80. The average Bonchev–Trinajstić information content (AvgIpc) is 3.01. The van der Waals surface area contributed by atoms with Gasteiger partial charge in [0.2, 0.25) is 0 Å². The van der Waals surface area contributed by atoms with Crippen molar-refractivity contribution in [2.75, 3.05) is 13.7 Å². The molecule has 1 saturated heterocycles. The van der Waals surface area contributed by atoms with Crippen molar-refractivity contribution in [1.29, 1.82) is 0 Å². The van der Waals surface area contributed by atoms with Crippen molar-refractivity contribution in [3.05, 3.63) is 54.9 Å². The summed E-state index contributed by atoms with van der Waals surface area (Å²) < 4.78 is 12.2. The molecule has 1 fully saturated rings. The van der Waals surface area contributed by atoms with Crippen LogP contribution in [0.1, 0.15) is 5.56 Å². The summed E-state index contributed by atoms with van der Waals surface area (Å²) in [6.07, 6.45) is 1.70. The molecule has 29 heavy (non-hydrogen) atoms. The zero-order chi connectivity index (χ0) is 21.0. The van der Waals surface area contributed by atoms with Crippen LogP contribution in [0.3, 0.4) is 0 Å². The minimum absolute atomic E-state index is 0.249. The van der Waals surface area contributed by atoms with Crippen LogP contribution in [0.15, 0.2) is 50.8 Å². The molecule has 0 atom stereocenters. The molecule has 0 unspecified atom stereocenters. The Hall–Kier alpha value is -2.05. The Kier molecular flexibility index (Phi) is 7.19. The maximum atomic E-state index is 12.3. The molecule has 1 heterocycles. The first-order valence-electron chi connectivity index (χ1n) is 8.13. The largest absolute Gasteiger partial charge is 0.493 e. The predicted molar refractivity (Wildman–Crippen MR) is 124 cm³/mol. The van der Waals surface area contributed by atoms with Crippen molar-refractivity contribution in [2.24, 2.45) is 4.99 Å². The maximum absolute atomic E-state index is 12.3. The molecule has 0 aromatic heterocycles. The Balaban J connectivity index is 1.84. The predicted octanol–water partition coefficient (Wildman–Crippen LogP) is 4.42. The number of aliphatic imine (C=N–C) groups is 1. The fourth-order valence-corrected chi connectivity index (χ4v) is 4.14. The number of carbonyl (C=O) groups excluding carboxylic acids is 1. The van der Waals surface area contributed by atoms with Gasteiger partial charge in [0, 0.05) is 3.57 Å². The van der Waals surface area contributed by atoms with Crippen LogP contribution in [0.5, 0.6) is 11.5 Å². The van der Waals surface area contributed by atoms with E-state index >= 15 is 0 Å². The van der Waals surface area contributed by atoms with E-state index in [0.717, 1.165) is 9.26 Å². The number of thioether (sulfide) groups is 1. The van der Waals surface area contributed by atoms with E-state index < -0.39 is 12.6 Å². The minimum atomic E-state index is -1.09. The van der Waals surface area contributed by atoms with Crippen LogP contribution in [0.4, 0.5) is 5.69 Å². The standard InChI is InChI=1S/C19H14BrIN2O5S/c1-27-14-7-10(6-13(20)17(14)28-9-16(24)25)8-15-18(26)23-19(29-15)22-12-4-2-11(21)3-5-12/h2-8H,9H2,1H3,(H,24,25)(H,22,23,26)/b15-8+. The number of hydrogen-bond acceptors (Lipinski definition) is 6. The van der Waals surface area contributed by atoms with E-state index in [1.54, 1.807) is 18.2 Å². The second kappa shape index (κ2) is 9.63. The molecule has 2 aromatic rings. The molecule has 1 aliphatic heterocycles. The SMILES string of the molecule is COc1cc(/C=C2/SC(=Nc3ccc(I)cc3)NC2=O)cc(Br)c1OCC(=O)O. The fraction of sp³-hybridized carbons (Fsp3) is 0.105. The first-order valence-corrected chi connectivity index (χ1v) is 10.8. The Morgan fingerprint density at radius 1 is 1.34 bits per heavy atom. The maximum Gasteiger partial charge on any atom is 0.341 e. The van der Waals surface area contributed by atoms with Crippen molar-refractivity contribution in [1.82, 2.24) is 5.32 Å². The van der Waals surface area contributed by atoms with Crippen LogP contribution in [-0.2, 0) is 9.59 Å². The lowest BCUT2D eigenvalue weighted by atomic mass is 10.2. The summed E-state index contributed by atoms with van der Waals surface area (Å²) in [6, 6.07) is 11.0. The Morgan fingerprint density at radius 3 is 2.72 bits per heavy atom. The second-order valence-corrected chi connectivity index (χ2v) is 8.81. The molecular formula is C19H14BrIN2O5S. The van der Waals surface area contributed by atoms with Crippen molar-refractivity contribution >= 4 is 79.1 Å². The van der Waals surface area contributed by atoms with Crippen LogP contribution in [0, 0.1) is 3.57 Å². The first kappa shape index (κ1) is 21.7. The molecule has 150 valence electrons. The molecule has 0 radical (unpaired) electrons. The van der Waals surface area contributed by atoms with Crippen LogP contribution < -0.4 is 14.8 Å². The van der Waals surface area contributed by atoms with Gasteiger partial charge in [0.15, 0.2) is 23.3 Å². The number of amides is 1. The summed E-state index contributed by atoms with van der Waals surface area (Å²) in [5.41, 5.74) is 1.43. The second-order valence-electron chi connectivity index (χ2n) is 5.67. The topological polar surface area (TPSA) is 97.2 Å². The summed E-state index contributed by atoms with van der Waals surface area (Å²) in [4.78, 5) is 28.0. The van der Waals surface area contributed by atoms with Gasteiger partial charge in [0.25, 0.3) is 5.91 Å². The smallest absolute Gasteiger partial charge is 0.341 e. The number of ether oxygens (including phenoxy) is 2. The van der Waals surface area contributed by atoms with Gasteiger partial charge in [-0.15, -0.1) is 0 Å². The lowest BCUT2D eigenvalue weighted by Gasteiger charge is -2.12. The highest BCUT2D eigenvalue weighted by Gasteiger charge is 2.24. The van der Waals surface area contributed by atoms with Gasteiger partial charge in [-0.2, -0.15) is 0 Å². The quantitative estimate of drug-likeness (QED) is 0.383. The van der Waals surface area contributed by atoms with E-state index in [9.17, 15) is 9.59 Å². The molecule has 3 rings (SSSR count). The molecule has 2 aromatic carbocycles. The number of carbonyl (C=O) groups is 2. The van der Waals surface area contributed by atoms with Gasteiger partial charge >= 0.3 is 5.97 Å². The molecule has 0 spiro atoms. The molecular weight excluding hydrogens is 575 g/mol. The summed E-state index contributed by atoms with van der Waals surface area (Å²) in [5, 5.41) is 12.0. The molecule has 0 aliphatic carbocycles. The molecule has 1 aliphatic rings. The monoisotopic (exact) mass is 588 g/mol. The van der Waals surface area contributed by atoms with Crippen molar-refractivity contribution in [3.63, 3.8) is 0 Å². The van der Waals surface area contributed by atoms with E-state index in [1.165, 1.54) is 18.9 Å². The summed E-state index contributed by atoms with van der Waals surface area (Å²) in [5.74, 6) is -0.713. The van der Waals surface area contributed by atoms with Gasteiger partial charge in [0.05, 0.1) is 22.2 Å². The van der Waals surface area contributed by atoms with Crippen molar-refractivity contribution in [3.8, 4) is 11.5 Å². The van der Waals surface area contributed by atoms with Crippen LogP contribution >= 0.6 is 50.3 Å². The highest BCUT2D eigenvalue weighted by molar-refractivity contribution is 14.1. The highest BCUT2D eigenvalue weighted by atomic mass is 127. The molecule has 1 amide bonds. The number of rotatable bonds is 6. The highest BCUT2D eigenvalue weighted by Crippen LogP contribution is 2.38. The molecule has 10 heteroatoms. The molecule has 7 nitrogen and oxygen atoms in total.